The number of benzene rings is 1. The average molecular weight is 386 g/mol. The van der Waals surface area contributed by atoms with Crippen LogP contribution in [0.5, 0.6) is 0 Å². The fourth-order valence-corrected chi connectivity index (χ4v) is 6.08. The largest absolute Gasteiger partial charge is 0.441 e. The third-order valence-electron chi connectivity index (χ3n) is 6.76. The molecule has 1 amide bonds. The molecular weight excluding hydrogens is 362 g/mol. The minimum atomic E-state index is -0.692. The normalized spacial score (nSPS) is 30.6. The number of carbonyl (C=O) groups is 1. The van der Waals surface area contributed by atoms with Crippen LogP contribution in [0.15, 0.2) is 28.8 Å². The molecule has 1 N–H and O–H groups in total. The highest BCUT2D eigenvalue weighted by Gasteiger charge is 2.51. The summed E-state index contributed by atoms with van der Waals surface area (Å²) in [7, 11) is 0. The summed E-state index contributed by atoms with van der Waals surface area (Å²) in [5.74, 6) is 1.69. The Morgan fingerprint density at radius 2 is 1.82 bits per heavy atom. The van der Waals surface area contributed by atoms with E-state index < -0.39 is 11.6 Å². The Kier molecular flexibility index (Phi) is 4.25. The molecule has 4 saturated carbocycles. The van der Waals surface area contributed by atoms with Crippen LogP contribution in [-0.4, -0.2) is 16.4 Å². The van der Waals surface area contributed by atoms with Gasteiger partial charge in [-0.1, -0.05) is 0 Å². The number of nitrogens with zero attached hydrogens (tertiary/aromatic N) is 1. The first-order chi connectivity index (χ1) is 13.5. The quantitative estimate of drug-likeness (QED) is 0.815. The zero-order chi connectivity index (χ0) is 19.3. The lowest BCUT2D eigenvalue weighted by Gasteiger charge is -2.56. The Hall–Kier alpha value is -2.24. The van der Waals surface area contributed by atoms with Gasteiger partial charge < -0.3 is 9.73 Å². The number of aromatic nitrogens is 1. The first kappa shape index (κ1) is 17.8. The lowest BCUT2D eigenvalue weighted by molar-refractivity contribution is -0.126. The van der Waals surface area contributed by atoms with E-state index in [-0.39, 0.29) is 22.8 Å². The number of hydrogen-bond acceptors (Lipinski definition) is 3. The minimum absolute atomic E-state index is 0.00479. The summed E-state index contributed by atoms with van der Waals surface area (Å²) in [6.45, 7) is 0. The van der Waals surface area contributed by atoms with Crippen molar-refractivity contribution in [2.24, 2.45) is 17.8 Å². The SMILES string of the molecule is O=C(CCc1ncc(-c2ccc(F)cc2F)o1)NC12CC3CC(CC(C3)C1)C2. The van der Waals surface area contributed by atoms with Gasteiger partial charge in [0.1, 0.15) is 11.6 Å². The van der Waals surface area contributed by atoms with E-state index in [0.29, 0.717) is 18.7 Å². The summed E-state index contributed by atoms with van der Waals surface area (Å²) in [4.78, 5) is 16.7. The first-order valence-corrected chi connectivity index (χ1v) is 10.2. The van der Waals surface area contributed by atoms with Crippen molar-refractivity contribution < 1.29 is 18.0 Å². The molecule has 0 spiro atoms. The Morgan fingerprint density at radius 1 is 1.14 bits per heavy atom. The van der Waals surface area contributed by atoms with Crippen molar-refractivity contribution in [3.8, 4) is 11.3 Å². The van der Waals surface area contributed by atoms with Gasteiger partial charge >= 0.3 is 0 Å². The average Bonchev–Trinajstić information content (AvgIpc) is 3.07. The van der Waals surface area contributed by atoms with E-state index in [0.717, 1.165) is 43.1 Å². The van der Waals surface area contributed by atoms with Crippen LogP contribution in [0.3, 0.4) is 0 Å². The fourth-order valence-electron chi connectivity index (χ4n) is 6.08. The Balaban J connectivity index is 1.20. The molecule has 1 aromatic carbocycles. The molecule has 4 bridgehead atoms. The van der Waals surface area contributed by atoms with E-state index in [1.807, 2.05) is 0 Å². The van der Waals surface area contributed by atoms with E-state index in [4.69, 9.17) is 4.42 Å². The zero-order valence-electron chi connectivity index (χ0n) is 15.7. The van der Waals surface area contributed by atoms with E-state index in [1.54, 1.807) is 0 Å². The molecule has 0 atom stereocenters. The summed E-state index contributed by atoms with van der Waals surface area (Å²) < 4.78 is 32.5. The molecule has 1 heterocycles. The molecule has 2 aromatic rings. The maximum atomic E-state index is 13.9. The van der Waals surface area contributed by atoms with Crippen molar-refractivity contribution >= 4 is 5.91 Å². The standard InChI is InChI=1S/C22H24F2N2O2/c23-16-1-2-17(18(24)8-16)19-12-25-21(28-19)4-3-20(27)26-22-9-13-5-14(10-22)7-15(6-13)11-22/h1-2,8,12-15H,3-7,9-11H2,(H,26,27). The molecule has 4 aliphatic carbocycles. The third kappa shape index (κ3) is 3.33. The first-order valence-electron chi connectivity index (χ1n) is 10.2. The highest BCUT2D eigenvalue weighted by atomic mass is 19.1. The molecule has 1 aromatic heterocycles. The minimum Gasteiger partial charge on any atom is -0.441 e. The lowest BCUT2D eigenvalue weighted by atomic mass is 9.53. The number of rotatable bonds is 5. The number of halogens is 2. The van der Waals surface area contributed by atoms with Crippen LogP contribution in [0.25, 0.3) is 11.3 Å². The lowest BCUT2D eigenvalue weighted by Crippen LogP contribution is -2.59. The predicted molar refractivity (Wildman–Crippen MR) is 99.2 cm³/mol. The van der Waals surface area contributed by atoms with Crippen molar-refractivity contribution in [2.75, 3.05) is 0 Å². The van der Waals surface area contributed by atoms with Crippen LogP contribution in [0.4, 0.5) is 8.78 Å². The molecule has 0 unspecified atom stereocenters. The van der Waals surface area contributed by atoms with Gasteiger partial charge in [0.2, 0.25) is 5.91 Å². The van der Waals surface area contributed by atoms with Gasteiger partial charge in [-0.2, -0.15) is 0 Å². The van der Waals surface area contributed by atoms with Gasteiger partial charge in [0.25, 0.3) is 0 Å². The molecule has 148 valence electrons. The molecular formula is C22H24F2N2O2. The third-order valence-corrected chi connectivity index (χ3v) is 6.76. The van der Waals surface area contributed by atoms with Crippen LogP contribution < -0.4 is 5.32 Å². The van der Waals surface area contributed by atoms with Crippen LogP contribution >= 0.6 is 0 Å². The molecule has 0 saturated heterocycles. The highest BCUT2D eigenvalue weighted by Crippen LogP contribution is 2.55. The zero-order valence-corrected chi connectivity index (χ0v) is 15.7. The van der Waals surface area contributed by atoms with Crippen molar-refractivity contribution in [2.45, 2.75) is 56.9 Å². The molecule has 4 aliphatic rings. The van der Waals surface area contributed by atoms with Gasteiger partial charge in [-0.15, -0.1) is 0 Å². The topological polar surface area (TPSA) is 55.1 Å². The predicted octanol–water partition coefficient (Wildman–Crippen LogP) is 4.64. The van der Waals surface area contributed by atoms with Crippen LogP contribution in [0.1, 0.15) is 50.8 Å². The Morgan fingerprint density at radius 3 is 2.46 bits per heavy atom. The molecule has 28 heavy (non-hydrogen) atoms. The second kappa shape index (κ2) is 6.68. The van der Waals surface area contributed by atoms with E-state index in [1.165, 1.54) is 37.6 Å². The van der Waals surface area contributed by atoms with Gasteiger partial charge in [0.05, 0.1) is 11.8 Å². The van der Waals surface area contributed by atoms with Crippen molar-refractivity contribution in [1.29, 1.82) is 0 Å². The van der Waals surface area contributed by atoms with Crippen LogP contribution in [-0.2, 0) is 11.2 Å². The molecule has 4 nitrogen and oxygen atoms in total. The molecule has 0 radical (unpaired) electrons. The summed E-state index contributed by atoms with van der Waals surface area (Å²) in [6.07, 6.45) is 9.47. The number of carbonyl (C=O) groups excluding carboxylic acids is 1. The summed E-state index contributed by atoms with van der Waals surface area (Å²) in [5, 5.41) is 3.34. The maximum absolute atomic E-state index is 13.9. The number of oxazole rings is 1. The van der Waals surface area contributed by atoms with Gasteiger partial charge in [-0.05, 0) is 68.4 Å². The van der Waals surface area contributed by atoms with E-state index in [2.05, 4.69) is 10.3 Å². The molecule has 4 fully saturated rings. The summed E-state index contributed by atoms with van der Waals surface area (Å²) in [6, 6.07) is 3.32. The molecule has 6 rings (SSSR count). The van der Waals surface area contributed by atoms with Gasteiger partial charge in [-0.25, -0.2) is 13.8 Å². The van der Waals surface area contributed by atoms with Gasteiger partial charge in [0.15, 0.2) is 11.7 Å². The van der Waals surface area contributed by atoms with E-state index >= 15 is 0 Å². The van der Waals surface area contributed by atoms with Gasteiger partial charge in [-0.3, -0.25) is 4.79 Å². The van der Waals surface area contributed by atoms with Crippen molar-refractivity contribution in [3.63, 3.8) is 0 Å². The second-order valence-electron chi connectivity index (χ2n) is 8.99. The Labute approximate surface area is 162 Å². The van der Waals surface area contributed by atoms with E-state index in [9.17, 15) is 13.6 Å². The smallest absolute Gasteiger partial charge is 0.220 e. The van der Waals surface area contributed by atoms with Crippen LogP contribution in [0, 0.1) is 29.4 Å². The highest BCUT2D eigenvalue weighted by molar-refractivity contribution is 5.77. The van der Waals surface area contributed by atoms with Crippen molar-refractivity contribution in [1.82, 2.24) is 10.3 Å². The Bertz CT molecular complexity index is 872. The molecule has 6 heteroatoms. The maximum Gasteiger partial charge on any atom is 0.220 e. The number of amides is 1. The second-order valence-corrected chi connectivity index (χ2v) is 8.99. The summed E-state index contributed by atoms with van der Waals surface area (Å²) >= 11 is 0. The van der Waals surface area contributed by atoms with Gasteiger partial charge in [0, 0.05) is 24.4 Å². The number of nitrogens with one attached hydrogen (secondary N) is 1. The van der Waals surface area contributed by atoms with Crippen molar-refractivity contribution in [3.05, 3.63) is 41.9 Å². The molecule has 0 aliphatic heterocycles. The summed E-state index contributed by atoms with van der Waals surface area (Å²) in [5.41, 5.74) is 0.170. The number of aryl methyl sites for hydroxylation is 1. The number of hydrogen-bond donors (Lipinski definition) is 1. The van der Waals surface area contributed by atoms with Crippen LogP contribution in [0.2, 0.25) is 0 Å². The monoisotopic (exact) mass is 386 g/mol. The fraction of sp³-hybridized carbons (Fsp3) is 0.545.